The summed E-state index contributed by atoms with van der Waals surface area (Å²) in [4.78, 5) is 29.2. The lowest BCUT2D eigenvalue weighted by molar-refractivity contribution is -0.140. The van der Waals surface area contributed by atoms with E-state index in [0.717, 1.165) is 15.9 Å². The van der Waals surface area contributed by atoms with Crippen LogP contribution in [0, 0.1) is 5.82 Å². The van der Waals surface area contributed by atoms with Crippen molar-refractivity contribution in [3.05, 3.63) is 99.8 Å². The standard InChI is InChI=1S/C30H35Cl2FN4O4S/c1-5-21(2)34-30(39)28(18-22-11-7-6-8-12-22)36(19-23-15-16-24(31)25(32)17-23)29(38)20-37(42(40,41)35(3)4)27-14-10-9-13-26(27)33/h6-17,21,28H,5,18-20H2,1-4H3,(H,34,39)/t21-,28+/m1/s1. The van der Waals surface area contributed by atoms with Crippen LogP contribution in [-0.4, -0.2) is 62.2 Å². The van der Waals surface area contributed by atoms with Gasteiger partial charge in [-0.1, -0.05) is 78.7 Å². The molecule has 8 nitrogen and oxygen atoms in total. The van der Waals surface area contributed by atoms with Crippen LogP contribution in [0.3, 0.4) is 0 Å². The van der Waals surface area contributed by atoms with E-state index in [4.69, 9.17) is 23.2 Å². The Morgan fingerprint density at radius 3 is 2.17 bits per heavy atom. The third-order valence-electron chi connectivity index (χ3n) is 6.75. The van der Waals surface area contributed by atoms with Crippen LogP contribution >= 0.6 is 23.2 Å². The summed E-state index contributed by atoms with van der Waals surface area (Å²) >= 11 is 12.4. The van der Waals surface area contributed by atoms with Gasteiger partial charge >= 0.3 is 10.2 Å². The van der Waals surface area contributed by atoms with E-state index in [0.29, 0.717) is 21.3 Å². The number of anilines is 1. The Labute approximate surface area is 257 Å². The molecule has 226 valence electrons. The third kappa shape index (κ3) is 8.44. The molecule has 0 saturated heterocycles. The number of nitrogens with one attached hydrogen (secondary N) is 1. The average Bonchev–Trinajstić information content (AvgIpc) is 2.96. The molecule has 2 atom stereocenters. The molecule has 0 fully saturated rings. The third-order valence-corrected chi connectivity index (χ3v) is 9.29. The molecule has 1 N–H and O–H groups in total. The molecule has 0 unspecified atom stereocenters. The Bertz CT molecular complexity index is 1490. The van der Waals surface area contributed by atoms with Gasteiger partial charge in [-0.2, -0.15) is 12.7 Å². The number of carbonyl (C=O) groups is 2. The van der Waals surface area contributed by atoms with Gasteiger partial charge in [-0.15, -0.1) is 0 Å². The Kier molecular flexibility index (Phi) is 11.8. The molecule has 0 heterocycles. The predicted molar refractivity (Wildman–Crippen MR) is 165 cm³/mol. The highest BCUT2D eigenvalue weighted by Gasteiger charge is 2.35. The molecule has 0 aliphatic heterocycles. The summed E-state index contributed by atoms with van der Waals surface area (Å²) in [6, 6.07) is 18.1. The number of rotatable bonds is 13. The van der Waals surface area contributed by atoms with Crippen molar-refractivity contribution < 1.29 is 22.4 Å². The maximum absolute atomic E-state index is 14.9. The molecule has 12 heteroatoms. The Morgan fingerprint density at radius 1 is 0.929 bits per heavy atom. The quantitative estimate of drug-likeness (QED) is 0.276. The molecule has 2 amide bonds. The molecule has 0 bridgehead atoms. The van der Waals surface area contributed by atoms with E-state index in [2.05, 4.69) is 5.32 Å². The molecule has 3 aromatic carbocycles. The van der Waals surface area contributed by atoms with E-state index in [1.54, 1.807) is 18.2 Å². The molecule has 0 aliphatic carbocycles. The van der Waals surface area contributed by atoms with E-state index in [-0.39, 0.29) is 29.7 Å². The van der Waals surface area contributed by atoms with Gasteiger partial charge in [0, 0.05) is 33.1 Å². The van der Waals surface area contributed by atoms with Crippen molar-refractivity contribution >= 4 is 50.9 Å². The maximum Gasteiger partial charge on any atom is 0.304 e. The van der Waals surface area contributed by atoms with Crippen LogP contribution in [0.4, 0.5) is 10.1 Å². The number of nitrogens with zero attached hydrogens (tertiary/aromatic N) is 3. The molecule has 42 heavy (non-hydrogen) atoms. The summed E-state index contributed by atoms with van der Waals surface area (Å²) < 4.78 is 43.3. The van der Waals surface area contributed by atoms with Gasteiger partial charge in [-0.3, -0.25) is 9.59 Å². The topological polar surface area (TPSA) is 90.0 Å². The van der Waals surface area contributed by atoms with Crippen molar-refractivity contribution in [1.82, 2.24) is 14.5 Å². The van der Waals surface area contributed by atoms with E-state index < -0.39 is 40.4 Å². The van der Waals surface area contributed by atoms with E-state index in [1.165, 1.54) is 37.2 Å². The Morgan fingerprint density at radius 2 is 1.57 bits per heavy atom. The number of para-hydroxylation sites is 1. The first-order chi connectivity index (χ1) is 19.8. The van der Waals surface area contributed by atoms with Crippen LogP contribution in [0.5, 0.6) is 0 Å². The van der Waals surface area contributed by atoms with Crippen LogP contribution in [0.25, 0.3) is 0 Å². The van der Waals surface area contributed by atoms with E-state index in [1.807, 2.05) is 44.2 Å². The highest BCUT2D eigenvalue weighted by atomic mass is 35.5. The minimum absolute atomic E-state index is 0.0890. The number of amides is 2. The Hall–Kier alpha value is -3.18. The minimum atomic E-state index is -4.32. The summed E-state index contributed by atoms with van der Waals surface area (Å²) in [5, 5.41) is 3.53. The van der Waals surface area contributed by atoms with Gasteiger partial charge in [0.05, 0.1) is 15.7 Å². The SMILES string of the molecule is CC[C@@H](C)NC(=O)[C@H](Cc1ccccc1)N(Cc1ccc(Cl)c(Cl)c1)C(=O)CN(c1ccccc1F)S(=O)(=O)N(C)C. The Balaban J connectivity index is 2.13. The number of benzene rings is 3. The van der Waals surface area contributed by atoms with E-state index >= 15 is 0 Å². The predicted octanol–water partition coefficient (Wildman–Crippen LogP) is 5.30. The molecule has 0 aromatic heterocycles. The molecule has 3 rings (SSSR count). The number of halogens is 3. The van der Waals surface area contributed by atoms with Crippen LogP contribution in [0.2, 0.25) is 10.0 Å². The van der Waals surface area contributed by atoms with Gasteiger partial charge < -0.3 is 10.2 Å². The van der Waals surface area contributed by atoms with Crippen LogP contribution < -0.4 is 9.62 Å². The maximum atomic E-state index is 14.9. The lowest BCUT2D eigenvalue weighted by atomic mass is 10.0. The molecule has 0 aliphatic rings. The molecule has 3 aromatic rings. The van der Waals surface area contributed by atoms with Crippen molar-refractivity contribution in [2.24, 2.45) is 0 Å². The number of hydrogen-bond acceptors (Lipinski definition) is 4. The van der Waals surface area contributed by atoms with Gasteiger partial charge in [0.15, 0.2) is 0 Å². The molecular formula is C30H35Cl2FN4O4S. The first kappa shape index (κ1) is 33.3. The van der Waals surface area contributed by atoms with Gasteiger partial charge in [0.1, 0.15) is 18.4 Å². The van der Waals surface area contributed by atoms with Crippen molar-refractivity contribution in [3.63, 3.8) is 0 Å². The number of carbonyl (C=O) groups excluding carboxylic acids is 2. The van der Waals surface area contributed by atoms with Crippen LogP contribution in [0.1, 0.15) is 31.4 Å². The second-order valence-corrected chi connectivity index (χ2v) is 12.9. The highest BCUT2D eigenvalue weighted by molar-refractivity contribution is 7.90. The molecule has 0 radical (unpaired) electrons. The zero-order valence-electron chi connectivity index (χ0n) is 23.9. The second-order valence-electron chi connectivity index (χ2n) is 10.0. The first-order valence-corrected chi connectivity index (χ1v) is 15.5. The molecule has 0 saturated carbocycles. The zero-order valence-corrected chi connectivity index (χ0v) is 26.3. The second kappa shape index (κ2) is 14.8. The molecular weight excluding hydrogens is 602 g/mol. The first-order valence-electron chi connectivity index (χ1n) is 13.4. The van der Waals surface area contributed by atoms with Crippen molar-refractivity contribution in [3.8, 4) is 0 Å². The van der Waals surface area contributed by atoms with Gasteiger partial charge in [-0.25, -0.2) is 8.70 Å². The van der Waals surface area contributed by atoms with Crippen LogP contribution in [0.15, 0.2) is 72.8 Å². The molecule has 0 spiro atoms. The van der Waals surface area contributed by atoms with Crippen molar-refractivity contribution in [1.29, 1.82) is 0 Å². The smallest absolute Gasteiger partial charge is 0.304 e. The normalized spacial score (nSPS) is 13.0. The van der Waals surface area contributed by atoms with Crippen molar-refractivity contribution in [2.75, 3.05) is 24.9 Å². The monoisotopic (exact) mass is 636 g/mol. The minimum Gasteiger partial charge on any atom is -0.352 e. The van der Waals surface area contributed by atoms with Gasteiger partial charge in [-0.05, 0) is 48.7 Å². The zero-order chi connectivity index (χ0) is 31.0. The summed E-state index contributed by atoms with van der Waals surface area (Å²) in [7, 11) is -1.73. The summed E-state index contributed by atoms with van der Waals surface area (Å²) in [5.41, 5.74) is 1.07. The van der Waals surface area contributed by atoms with Crippen LogP contribution in [-0.2, 0) is 32.8 Å². The summed E-state index contributed by atoms with van der Waals surface area (Å²) in [6.45, 7) is 2.93. The largest absolute Gasteiger partial charge is 0.352 e. The lowest BCUT2D eigenvalue weighted by Crippen LogP contribution is -2.55. The summed E-state index contributed by atoms with van der Waals surface area (Å²) in [6.07, 6.45) is 0.809. The number of hydrogen-bond donors (Lipinski definition) is 1. The fourth-order valence-corrected chi connectivity index (χ4v) is 5.57. The summed E-state index contributed by atoms with van der Waals surface area (Å²) in [5.74, 6) is -1.94. The fourth-order valence-electron chi connectivity index (χ4n) is 4.19. The average molecular weight is 638 g/mol. The lowest BCUT2D eigenvalue weighted by Gasteiger charge is -2.35. The fraction of sp³-hybridized carbons (Fsp3) is 0.333. The van der Waals surface area contributed by atoms with E-state index in [9.17, 15) is 22.4 Å². The van der Waals surface area contributed by atoms with Gasteiger partial charge in [0.2, 0.25) is 11.8 Å². The van der Waals surface area contributed by atoms with Crippen molar-refractivity contribution in [2.45, 2.75) is 45.3 Å². The highest BCUT2D eigenvalue weighted by Crippen LogP contribution is 2.26. The van der Waals surface area contributed by atoms with Gasteiger partial charge in [0.25, 0.3) is 0 Å².